The molecule has 2 aromatic carbocycles. The molecular weight excluding hydrogens is 410 g/mol. The maximum Gasteiger partial charge on any atom is 0.257 e. The third-order valence-electron chi connectivity index (χ3n) is 5.68. The molecule has 0 spiro atoms. The Morgan fingerprint density at radius 3 is 2.73 bits per heavy atom. The number of hydrogen-bond acceptors (Lipinski definition) is 4. The molecule has 0 fully saturated rings. The number of hydrogen-bond donors (Lipinski definition) is 1. The number of nitrogens with one attached hydrogen (secondary N) is 1. The molecular formula is C27H21N5O. The number of pyridine rings is 1. The molecule has 5 rings (SSSR count). The van der Waals surface area contributed by atoms with Crippen molar-refractivity contribution in [3.05, 3.63) is 95.6 Å². The van der Waals surface area contributed by atoms with Crippen LogP contribution >= 0.6 is 0 Å². The fourth-order valence-corrected chi connectivity index (χ4v) is 4.11. The molecule has 0 saturated heterocycles. The number of fused-ring (bicyclic) bond motifs is 2. The molecule has 6 nitrogen and oxygen atoms in total. The van der Waals surface area contributed by atoms with Crippen molar-refractivity contribution in [2.75, 3.05) is 0 Å². The van der Waals surface area contributed by atoms with Crippen LogP contribution in [0.3, 0.4) is 0 Å². The minimum absolute atomic E-state index is 0.244. The second-order valence-electron chi connectivity index (χ2n) is 7.85. The van der Waals surface area contributed by atoms with Crippen LogP contribution in [0.1, 0.15) is 40.3 Å². The van der Waals surface area contributed by atoms with Crippen LogP contribution in [0.5, 0.6) is 0 Å². The van der Waals surface area contributed by atoms with Crippen LogP contribution in [0.4, 0.5) is 0 Å². The molecule has 0 aliphatic carbocycles. The van der Waals surface area contributed by atoms with Crippen molar-refractivity contribution in [1.82, 2.24) is 24.9 Å². The first-order valence-corrected chi connectivity index (χ1v) is 10.6. The summed E-state index contributed by atoms with van der Waals surface area (Å²) in [5.74, 6) is 2.50. The van der Waals surface area contributed by atoms with Crippen molar-refractivity contribution in [2.24, 2.45) is 0 Å². The summed E-state index contributed by atoms with van der Waals surface area (Å²) in [5.41, 5.74) is 5.86. The molecule has 1 atom stereocenters. The summed E-state index contributed by atoms with van der Waals surface area (Å²) in [4.78, 5) is 22.5. The van der Waals surface area contributed by atoms with E-state index in [0.717, 1.165) is 33.3 Å². The molecule has 0 aliphatic rings. The number of nitrogens with zero attached hydrogens (tertiary/aromatic N) is 4. The number of rotatable bonds is 4. The lowest BCUT2D eigenvalue weighted by Gasteiger charge is -2.19. The van der Waals surface area contributed by atoms with E-state index in [0.29, 0.717) is 16.9 Å². The number of carbonyl (C=O) groups is 1. The number of aryl methyl sites for hydroxylation is 1. The van der Waals surface area contributed by atoms with Crippen LogP contribution in [-0.4, -0.2) is 25.5 Å². The van der Waals surface area contributed by atoms with E-state index in [4.69, 9.17) is 11.4 Å². The van der Waals surface area contributed by atoms with Gasteiger partial charge >= 0.3 is 0 Å². The summed E-state index contributed by atoms with van der Waals surface area (Å²) in [6, 6.07) is 19.2. The molecule has 1 N–H and O–H groups in total. The number of terminal acetylenes is 1. The molecule has 160 valence electrons. The normalized spacial score (nSPS) is 11.9. The summed E-state index contributed by atoms with van der Waals surface area (Å²) in [5, 5.41) is 8.40. The maximum atomic E-state index is 13.3. The molecule has 3 aromatic heterocycles. The van der Waals surface area contributed by atoms with Gasteiger partial charge in [-0.3, -0.25) is 4.79 Å². The van der Waals surface area contributed by atoms with Gasteiger partial charge in [-0.1, -0.05) is 42.3 Å². The van der Waals surface area contributed by atoms with E-state index in [-0.39, 0.29) is 11.9 Å². The van der Waals surface area contributed by atoms with Gasteiger partial charge < -0.3 is 5.32 Å². The van der Waals surface area contributed by atoms with Gasteiger partial charge in [0, 0.05) is 28.9 Å². The van der Waals surface area contributed by atoms with Gasteiger partial charge in [0.25, 0.3) is 5.91 Å². The van der Waals surface area contributed by atoms with Crippen molar-refractivity contribution < 1.29 is 4.79 Å². The van der Waals surface area contributed by atoms with Gasteiger partial charge in [0.1, 0.15) is 5.56 Å². The lowest BCUT2D eigenvalue weighted by atomic mass is 9.96. The van der Waals surface area contributed by atoms with E-state index in [9.17, 15) is 4.79 Å². The molecule has 0 radical (unpaired) electrons. The van der Waals surface area contributed by atoms with E-state index >= 15 is 0 Å². The fraction of sp³-hybridized carbons (Fsp3) is 0.111. The molecule has 3 heterocycles. The largest absolute Gasteiger partial charge is 0.344 e. The number of carbonyl (C=O) groups excluding carboxylic acids is 1. The maximum absolute atomic E-state index is 13.3. The molecule has 1 amide bonds. The number of amides is 1. The minimum Gasteiger partial charge on any atom is -0.344 e. The predicted molar refractivity (Wildman–Crippen MR) is 129 cm³/mol. The number of aromatic nitrogens is 4. The standard InChI is InChI=1S/C27H21N5O/c1-4-19-12-8-13-23-21(19)16-22(20-10-6-5-7-11-20)25(30-23)18(3)29-27(33)24-17(2)31-32-15-9-14-28-26(24)32/h1,5-16,18H,2-3H3,(H,29,33)/t18-/m0/s1. The lowest BCUT2D eigenvalue weighted by Crippen LogP contribution is -2.28. The quantitative estimate of drug-likeness (QED) is 0.418. The second kappa shape index (κ2) is 8.21. The molecule has 0 bridgehead atoms. The van der Waals surface area contributed by atoms with Crippen molar-refractivity contribution in [3.8, 4) is 23.5 Å². The van der Waals surface area contributed by atoms with E-state index in [1.807, 2.05) is 55.5 Å². The summed E-state index contributed by atoms with van der Waals surface area (Å²) in [7, 11) is 0. The first-order chi connectivity index (χ1) is 16.1. The Kier molecular flexibility index (Phi) is 5.08. The monoisotopic (exact) mass is 431 g/mol. The zero-order valence-corrected chi connectivity index (χ0v) is 18.3. The van der Waals surface area contributed by atoms with E-state index in [2.05, 4.69) is 27.4 Å². The molecule has 0 aliphatic heterocycles. The Hall–Kier alpha value is -4.50. The van der Waals surface area contributed by atoms with Crippen molar-refractivity contribution in [3.63, 3.8) is 0 Å². The molecule has 0 saturated carbocycles. The third kappa shape index (κ3) is 3.60. The zero-order chi connectivity index (χ0) is 22.9. The minimum atomic E-state index is -0.371. The van der Waals surface area contributed by atoms with Crippen LogP contribution in [0.25, 0.3) is 27.7 Å². The van der Waals surface area contributed by atoms with Gasteiger partial charge in [0.15, 0.2) is 5.65 Å². The van der Waals surface area contributed by atoms with Crippen LogP contribution < -0.4 is 5.32 Å². The SMILES string of the molecule is C#Cc1cccc2nc([C@H](C)NC(=O)c3c(C)nn4cccnc34)c(-c3ccccc3)cc12. The molecule has 5 aromatic rings. The van der Waals surface area contributed by atoms with Crippen LogP contribution in [0, 0.1) is 19.3 Å². The average molecular weight is 431 g/mol. The zero-order valence-electron chi connectivity index (χ0n) is 18.3. The van der Waals surface area contributed by atoms with Gasteiger partial charge in [-0.05, 0) is 43.7 Å². The van der Waals surface area contributed by atoms with Gasteiger partial charge in [-0.15, -0.1) is 6.42 Å². The van der Waals surface area contributed by atoms with Crippen molar-refractivity contribution in [2.45, 2.75) is 19.9 Å². The Bertz CT molecular complexity index is 1550. The Labute approximate surface area is 191 Å². The summed E-state index contributed by atoms with van der Waals surface area (Å²) >= 11 is 0. The van der Waals surface area contributed by atoms with Gasteiger partial charge in [-0.2, -0.15) is 5.10 Å². The predicted octanol–water partition coefficient (Wildman–Crippen LogP) is 4.73. The van der Waals surface area contributed by atoms with Crippen molar-refractivity contribution >= 4 is 22.5 Å². The van der Waals surface area contributed by atoms with E-state index in [1.54, 1.807) is 29.9 Å². The van der Waals surface area contributed by atoms with Crippen LogP contribution in [0.2, 0.25) is 0 Å². The highest BCUT2D eigenvalue weighted by atomic mass is 16.1. The topological polar surface area (TPSA) is 72.2 Å². The van der Waals surface area contributed by atoms with Crippen LogP contribution in [0.15, 0.2) is 73.1 Å². The smallest absolute Gasteiger partial charge is 0.257 e. The highest BCUT2D eigenvalue weighted by molar-refractivity contribution is 6.01. The highest BCUT2D eigenvalue weighted by Gasteiger charge is 2.23. The van der Waals surface area contributed by atoms with E-state index in [1.165, 1.54) is 0 Å². The van der Waals surface area contributed by atoms with Gasteiger partial charge in [-0.25, -0.2) is 14.5 Å². The van der Waals surface area contributed by atoms with Crippen molar-refractivity contribution in [1.29, 1.82) is 0 Å². The summed E-state index contributed by atoms with van der Waals surface area (Å²) < 4.78 is 1.61. The molecule has 6 heteroatoms. The Morgan fingerprint density at radius 1 is 1.12 bits per heavy atom. The van der Waals surface area contributed by atoms with Crippen LogP contribution in [-0.2, 0) is 0 Å². The second-order valence-corrected chi connectivity index (χ2v) is 7.85. The third-order valence-corrected chi connectivity index (χ3v) is 5.68. The summed E-state index contributed by atoms with van der Waals surface area (Å²) in [6.45, 7) is 3.73. The number of benzene rings is 2. The molecule has 0 unspecified atom stereocenters. The molecule has 33 heavy (non-hydrogen) atoms. The van der Waals surface area contributed by atoms with Gasteiger partial charge in [0.2, 0.25) is 0 Å². The Morgan fingerprint density at radius 2 is 1.94 bits per heavy atom. The first kappa shape index (κ1) is 20.4. The highest BCUT2D eigenvalue weighted by Crippen LogP contribution is 2.31. The fourth-order valence-electron chi connectivity index (χ4n) is 4.11. The van der Waals surface area contributed by atoms with E-state index < -0.39 is 0 Å². The Balaban J connectivity index is 1.60. The lowest BCUT2D eigenvalue weighted by molar-refractivity contribution is 0.0940. The van der Waals surface area contributed by atoms with Gasteiger partial charge in [0.05, 0.1) is 22.9 Å². The first-order valence-electron chi connectivity index (χ1n) is 10.6. The average Bonchev–Trinajstić information content (AvgIpc) is 3.19. The summed E-state index contributed by atoms with van der Waals surface area (Å²) in [6.07, 6.45) is 9.16.